The fourth-order valence-corrected chi connectivity index (χ4v) is 2.50. The minimum atomic E-state index is -4.38. The third-order valence-electron chi connectivity index (χ3n) is 2.96. The highest BCUT2D eigenvalue weighted by molar-refractivity contribution is 8.00. The molecule has 1 aliphatic heterocycles. The van der Waals surface area contributed by atoms with Crippen molar-refractivity contribution >= 4 is 23.6 Å². The molecule has 1 saturated heterocycles. The highest BCUT2D eigenvalue weighted by Gasteiger charge is 2.31. The van der Waals surface area contributed by atoms with E-state index in [9.17, 15) is 22.8 Å². The topological polar surface area (TPSA) is 66.8 Å². The molecule has 1 fully saturated rings. The lowest BCUT2D eigenvalue weighted by Crippen LogP contribution is -2.48. The molecular weight excluding hydrogens is 323 g/mol. The van der Waals surface area contributed by atoms with Gasteiger partial charge in [0.15, 0.2) is 6.10 Å². The number of ether oxygens (including phenoxy) is 1. The van der Waals surface area contributed by atoms with Gasteiger partial charge in [-0.25, -0.2) is 4.79 Å². The van der Waals surface area contributed by atoms with Gasteiger partial charge in [-0.1, -0.05) is 0 Å². The van der Waals surface area contributed by atoms with Gasteiger partial charge < -0.3 is 14.7 Å². The Morgan fingerprint density at radius 1 is 1.27 bits per heavy atom. The van der Waals surface area contributed by atoms with Gasteiger partial charge in [0.1, 0.15) is 0 Å². The molecule has 1 aromatic rings. The first-order valence-electron chi connectivity index (χ1n) is 6.26. The minimum absolute atomic E-state index is 0.0190. The smallest absolute Gasteiger partial charge is 0.446 e. The van der Waals surface area contributed by atoms with Gasteiger partial charge in [-0.2, -0.15) is 13.2 Å². The summed E-state index contributed by atoms with van der Waals surface area (Å²) in [5.41, 5.74) is -4.18. The number of rotatable bonds is 3. The fourth-order valence-electron chi connectivity index (χ4n) is 1.96. The number of halogens is 3. The second-order valence-electron chi connectivity index (χ2n) is 4.52. The normalized spacial score (nSPS) is 19.0. The van der Waals surface area contributed by atoms with Crippen molar-refractivity contribution < 1.29 is 32.6 Å². The quantitative estimate of drug-likeness (QED) is 0.858. The third-order valence-corrected chi connectivity index (χ3v) is 3.70. The summed E-state index contributed by atoms with van der Waals surface area (Å²) >= 11 is -0.262. The summed E-state index contributed by atoms with van der Waals surface area (Å²) in [6.45, 7) is 0.250. The molecule has 1 aliphatic rings. The van der Waals surface area contributed by atoms with Crippen LogP contribution in [-0.4, -0.2) is 53.2 Å². The Bertz CT molecular complexity index is 561. The van der Waals surface area contributed by atoms with Crippen molar-refractivity contribution in [3.63, 3.8) is 0 Å². The molecule has 0 aliphatic carbocycles. The van der Waals surface area contributed by atoms with Crippen LogP contribution in [0.2, 0.25) is 0 Å². The first-order chi connectivity index (χ1) is 10.3. The van der Waals surface area contributed by atoms with Crippen LogP contribution in [0, 0.1) is 0 Å². The standard InChI is InChI=1S/C13H12F3NO4S/c14-13(15,16)22-9-3-1-8(2-4-9)11(18)17-5-6-21-10(7-17)12(19)20/h1-4,10H,5-7H2,(H,19,20). The van der Waals surface area contributed by atoms with E-state index in [0.29, 0.717) is 0 Å². The Hall–Kier alpha value is -1.74. The van der Waals surface area contributed by atoms with Crippen LogP contribution in [0.5, 0.6) is 0 Å². The number of benzene rings is 1. The van der Waals surface area contributed by atoms with E-state index in [1.165, 1.54) is 29.2 Å². The van der Waals surface area contributed by atoms with Crippen molar-refractivity contribution in [3.8, 4) is 0 Å². The van der Waals surface area contributed by atoms with Gasteiger partial charge in [0, 0.05) is 17.0 Å². The summed E-state index contributed by atoms with van der Waals surface area (Å²) in [7, 11) is 0. The molecule has 22 heavy (non-hydrogen) atoms. The maximum atomic E-state index is 12.2. The van der Waals surface area contributed by atoms with Crippen molar-refractivity contribution in [1.29, 1.82) is 0 Å². The summed E-state index contributed by atoms with van der Waals surface area (Å²) in [5, 5.41) is 8.88. The molecule has 0 radical (unpaired) electrons. The van der Waals surface area contributed by atoms with Crippen molar-refractivity contribution in [2.24, 2.45) is 0 Å². The van der Waals surface area contributed by atoms with Crippen LogP contribution < -0.4 is 0 Å². The summed E-state index contributed by atoms with van der Waals surface area (Å²) in [4.78, 5) is 24.4. The molecule has 1 atom stereocenters. The average Bonchev–Trinajstić information content (AvgIpc) is 2.46. The Balaban J connectivity index is 2.05. The summed E-state index contributed by atoms with van der Waals surface area (Å²) in [5.74, 6) is -1.59. The van der Waals surface area contributed by atoms with Gasteiger partial charge in [0.25, 0.3) is 5.91 Å². The van der Waals surface area contributed by atoms with Gasteiger partial charge in [-0.15, -0.1) is 0 Å². The molecule has 2 rings (SSSR count). The van der Waals surface area contributed by atoms with Crippen molar-refractivity contribution in [2.75, 3.05) is 19.7 Å². The average molecular weight is 335 g/mol. The number of carboxylic acid groups (broad SMARTS) is 1. The van der Waals surface area contributed by atoms with Crippen LogP contribution >= 0.6 is 11.8 Å². The van der Waals surface area contributed by atoms with Crippen LogP contribution in [0.3, 0.4) is 0 Å². The van der Waals surface area contributed by atoms with Crippen molar-refractivity contribution in [1.82, 2.24) is 4.90 Å². The van der Waals surface area contributed by atoms with Crippen LogP contribution in [0.25, 0.3) is 0 Å². The zero-order chi connectivity index (χ0) is 16.3. The van der Waals surface area contributed by atoms with Gasteiger partial charge in [0.05, 0.1) is 13.2 Å². The number of aliphatic carboxylic acids is 1. The monoisotopic (exact) mass is 335 g/mol. The largest absolute Gasteiger partial charge is 0.479 e. The molecule has 9 heteroatoms. The molecular formula is C13H12F3NO4S. The van der Waals surface area contributed by atoms with Crippen molar-refractivity contribution in [3.05, 3.63) is 29.8 Å². The second kappa shape index (κ2) is 6.57. The number of thioether (sulfide) groups is 1. The molecule has 1 N–H and O–H groups in total. The zero-order valence-electron chi connectivity index (χ0n) is 11.2. The first-order valence-corrected chi connectivity index (χ1v) is 7.07. The molecule has 0 aromatic heterocycles. The third kappa shape index (κ3) is 4.38. The summed E-state index contributed by atoms with van der Waals surface area (Å²) < 4.78 is 41.7. The van der Waals surface area contributed by atoms with E-state index >= 15 is 0 Å². The molecule has 1 aromatic carbocycles. The maximum Gasteiger partial charge on any atom is 0.446 e. The van der Waals surface area contributed by atoms with Crippen LogP contribution in [0.15, 0.2) is 29.2 Å². The van der Waals surface area contributed by atoms with E-state index in [-0.39, 0.29) is 41.9 Å². The summed E-state index contributed by atoms with van der Waals surface area (Å²) in [6, 6.07) is 5.00. The maximum absolute atomic E-state index is 12.2. The highest BCUT2D eigenvalue weighted by Crippen LogP contribution is 2.36. The van der Waals surface area contributed by atoms with E-state index in [1.807, 2.05) is 0 Å². The Kier molecular flexibility index (Phi) is 4.97. The minimum Gasteiger partial charge on any atom is -0.479 e. The molecule has 120 valence electrons. The van der Waals surface area contributed by atoms with Crippen LogP contribution in [0.4, 0.5) is 13.2 Å². The Labute approximate surface area is 128 Å². The number of morpholine rings is 1. The molecule has 0 bridgehead atoms. The van der Waals surface area contributed by atoms with Gasteiger partial charge in [-0.05, 0) is 36.0 Å². The number of alkyl halides is 3. The zero-order valence-corrected chi connectivity index (χ0v) is 12.0. The SMILES string of the molecule is O=C(O)C1CN(C(=O)c2ccc(SC(F)(F)F)cc2)CCO1. The molecule has 1 amide bonds. The van der Waals surface area contributed by atoms with Gasteiger partial charge in [0.2, 0.25) is 0 Å². The number of carbonyl (C=O) groups excluding carboxylic acids is 1. The predicted octanol–water partition coefficient (Wildman–Crippen LogP) is 2.22. The number of hydrogen-bond donors (Lipinski definition) is 1. The number of nitrogens with zero attached hydrogens (tertiary/aromatic N) is 1. The van der Waals surface area contributed by atoms with Crippen molar-refractivity contribution in [2.45, 2.75) is 16.5 Å². The van der Waals surface area contributed by atoms with E-state index in [4.69, 9.17) is 9.84 Å². The lowest BCUT2D eigenvalue weighted by atomic mass is 10.1. The summed E-state index contributed by atoms with van der Waals surface area (Å²) in [6.07, 6.45) is -1.09. The van der Waals surface area contributed by atoms with Gasteiger partial charge >= 0.3 is 11.5 Å². The molecule has 0 spiro atoms. The molecule has 5 nitrogen and oxygen atoms in total. The fraction of sp³-hybridized carbons (Fsp3) is 0.385. The second-order valence-corrected chi connectivity index (χ2v) is 5.66. The Morgan fingerprint density at radius 3 is 2.45 bits per heavy atom. The number of amides is 1. The van der Waals surface area contributed by atoms with E-state index in [1.54, 1.807) is 0 Å². The number of carboxylic acids is 1. The van der Waals surface area contributed by atoms with Gasteiger partial charge in [-0.3, -0.25) is 4.79 Å². The number of hydrogen-bond acceptors (Lipinski definition) is 4. The molecule has 1 heterocycles. The van der Waals surface area contributed by atoms with E-state index < -0.39 is 23.5 Å². The lowest BCUT2D eigenvalue weighted by Gasteiger charge is -2.30. The van der Waals surface area contributed by atoms with E-state index in [2.05, 4.69) is 0 Å². The number of carbonyl (C=O) groups is 2. The molecule has 1 unspecified atom stereocenters. The van der Waals surface area contributed by atoms with E-state index in [0.717, 1.165) is 0 Å². The van der Waals surface area contributed by atoms with Crippen LogP contribution in [0.1, 0.15) is 10.4 Å². The highest BCUT2D eigenvalue weighted by atomic mass is 32.2. The first kappa shape index (κ1) is 16.6. The predicted molar refractivity (Wildman–Crippen MR) is 71.6 cm³/mol. The molecule has 0 saturated carbocycles. The Morgan fingerprint density at radius 2 is 1.91 bits per heavy atom. The lowest BCUT2D eigenvalue weighted by molar-refractivity contribution is -0.154. The van der Waals surface area contributed by atoms with Crippen LogP contribution in [-0.2, 0) is 9.53 Å².